The van der Waals surface area contributed by atoms with Gasteiger partial charge in [-0.25, -0.2) is 0 Å². The molecule has 0 fully saturated rings. The van der Waals surface area contributed by atoms with Gasteiger partial charge in [-0.15, -0.1) is 24.0 Å². The van der Waals surface area contributed by atoms with E-state index in [4.69, 9.17) is 11.6 Å². The monoisotopic (exact) mass is 189 g/mol. The molecule has 0 saturated heterocycles. The minimum Gasteiger partial charge on any atom is -0.265 e. The molecule has 0 aliphatic carbocycles. The summed E-state index contributed by atoms with van der Waals surface area (Å²) in [6.45, 7) is 0. The fourth-order valence-electron chi connectivity index (χ4n) is 0.655. The van der Waals surface area contributed by atoms with Crippen LogP contribution in [0.4, 0.5) is 0 Å². The maximum Gasteiger partial charge on any atom is 0.0407 e. The molecular formula is C8H9Cl2N. The summed E-state index contributed by atoms with van der Waals surface area (Å²) >= 11 is 5.45. The van der Waals surface area contributed by atoms with Crippen LogP contribution in [0.25, 0.3) is 6.08 Å². The van der Waals surface area contributed by atoms with Gasteiger partial charge in [0.25, 0.3) is 0 Å². The molecule has 1 aromatic heterocycles. The summed E-state index contributed by atoms with van der Waals surface area (Å²) in [6, 6.07) is 3.87. The molecule has 1 heterocycles. The van der Waals surface area contributed by atoms with Gasteiger partial charge in [-0.05, 0) is 17.7 Å². The number of nitrogens with zero attached hydrogens (tertiary/aromatic N) is 1. The molecule has 1 aromatic rings. The zero-order chi connectivity index (χ0) is 7.23. The molecule has 0 aromatic carbocycles. The van der Waals surface area contributed by atoms with Crippen LogP contribution in [0.5, 0.6) is 0 Å². The lowest BCUT2D eigenvalue weighted by atomic mass is 10.2. The van der Waals surface area contributed by atoms with Crippen molar-refractivity contribution in [2.75, 3.05) is 5.88 Å². The Morgan fingerprint density at radius 3 is 2.55 bits per heavy atom. The van der Waals surface area contributed by atoms with Gasteiger partial charge in [0, 0.05) is 18.3 Å². The van der Waals surface area contributed by atoms with E-state index in [1.165, 1.54) is 0 Å². The van der Waals surface area contributed by atoms with Gasteiger partial charge in [0.1, 0.15) is 0 Å². The highest BCUT2D eigenvalue weighted by Gasteiger charge is 1.80. The molecule has 0 amide bonds. The quantitative estimate of drug-likeness (QED) is 0.653. The Balaban J connectivity index is 0.000001000. The predicted octanol–water partition coefficient (Wildman–Crippen LogP) is 2.76. The van der Waals surface area contributed by atoms with Crippen LogP contribution >= 0.6 is 24.0 Å². The standard InChI is InChI=1S/C8H8ClN.ClH/c9-5-1-2-8-3-6-10-7-4-8;/h1-4,6-7H,5H2;1H/b2-1+;. The smallest absolute Gasteiger partial charge is 0.0407 e. The maximum absolute atomic E-state index is 5.45. The van der Waals surface area contributed by atoms with E-state index in [1.807, 2.05) is 24.3 Å². The second kappa shape index (κ2) is 6.20. The van der Waals surface area contributed by atoms with E-state index in [9.17, 15) is 0 Å². The molecule has 1 nitrogen and oxygen atoms in total. The minimum atomic E-state index is 0. The van der Waals surface area contributed by atoms with Crippen LogP contribution in [0.15, 0.2) is 30.6 Å². The van der Waals surface area contributed by atoms with Crippen LogP contribution in [0.1, 0.15) is 5.56 Å². The van der Waals surface area contributed by atoms with Gasteiger partial charge < -0.3 is 0 Å². The van der Waals surface area contributed by atoms with Gasteiger partial charge in [0.2, 0.25) is 0 Å². The Hall–Kier alpha value is -0.530. The molecule has 60 valence electrons. The molecule has 11 heavy (non-hydrogen) atoms. The lowest BCUT2D eigenvalue weighted by molar-refractivity contribution is 1.32. The number of rotatable bonds is 2. The molecule has 0 saturated carbocycles. The molecule has 0 radical (unpaired) electrons. The van der Waals surface area contributed by atoms with Gasteiger partial charge >= 0.3 is 0 Å². The fourth-order valence-corrected chi connectivity index (χ4v) is 0.744. The highest BCUT2D eigenvalue weighted by Crippen LogP contribution is 1.98. The minimum absolute atomic E-state index is 0. The van der Waals surface area contributed by atoms with Gasteiger partial charge in [-0.2, -0.15) is 0 Å². The SMILES string of the molecule is Cl.ClC/C=C/c1ccncc1. The Morgan fingerprint density at radius 1 is 1.36 bits per heavy atom. The molecule has 0 N–H and O–H groups in total. The van der Waals surface area contributed by atoms with E-state index in [0.717, 1.165) is 5.56 Å². The number of halogens is 2. The zero-order valence-corrected chi connectivity index (χ0v) is 7.48. The van der Waals surface area contributed by atoms with E-state index >= 15 is 0 Å². The molecule has 0 atom stereocenters. The van der Waals surface area contributed by atoms with Gasteiger partial charge in [-0.3, -0.25) is 4.98 Å². The zero-order valence-electron chi connectivity index (χ0n) is 5.90. The first-order valence-electron chi connectivity index (χ1n) is 3.06. The molecule has 1 rings (SSSR count). The van der Waals surface area contributed by atoms with E-state index in [2.05, 4.69) is 4.98 Å². The number of alkyl halides is 1. The average Bonchev–Trinajstić information content (AvgIpc) is 2.03. The molecular weight excluding hydrogens is 181 g/mol. The van der Waals surface area contributed by atoms with E-state index in [1.54, 1.807) is 12.4 Å². The van der Waals surface area contributed by atoms with Crippen molar-refractivity contribution in [3.63, 3.8) is 0 Å². The van der Waals surface area contributed by atoms with Crippen LogP contribution in [-0.4, -0.2) is 10.9 Å². The summed E-state index contributed by atoms with van der Waals surface area (Å²) in [4.78, 5) is 3.89. The van der Waals surface area contributed by atoms with Crippen LogP contribution in [0.2, 0.25) is 0 Å². The summed E-state index contributed by atoms with van der Waals surface area (Å²) in [6.07, 6.45) is 7.38. The number of hydrogen-bond acceptors (Lipinski definition) is 1. The van der Waals surface area contributed by atoms with Crippen LogP contribution < -0.4 is 0 Å². The molecule has 0 unspecified atom stereocenters. The van der Waals surface area contributed by atoms with Crippen molar-refractivity contribution in [3.05, 3.63) is 36.2 Å². The average molecular weight is 190 g/mol. The summed E-state index contributed by atoms with van der Waals surface area (Å²) in [5.41, 5.74) is 1.13. The predicted molar refractivity (Wildman–Crippen MR) is 51.2 cm³/mol. The van der Waals surface area contributed by atoms with Crippen LogP contribution in [0, 0.1) is 0 Å². The fraction of sp³-hybridized carbons (Fsp3) is 0.125. The number of aromatic nitrogens is 1. The van der Waals surface area contributed by atoms with Crippen molar-refractivity contribution in [1.29, 1.82) is 0 Å². The third kappa shape index (κ3) is 4.02. The summed E-state index contributed by atoms with van der Waals surface area (Å²) in [5.74, 6) is 0.558. The van der Waals surface area contributed by atoms with Crippen molar-refractivity contribution in [2.45, 2.75) is 0 Å². The van der Waals surface area contributed by atoms with Crippen LogP contribution in [-0.2, 0) is 0 Å². The number of allylic oxidation sites excluding steroid dienone is 1. The van der Waals surface area contributed by atoms with Gasteiger partial charge in [-0.1, -0.05) is 12.2 Å². The van der Waals surface area contributed by atoms with Crippen molar-refractivity contribution in [2.24, 2.45) is 0 Å². The highest BCUT2D eigenvalue weighted by atomic mass is 35.5. The molecule has 0 bridgehead atoms. The first kappa shape index (κ1) is 10.5. The largest absolute Gasteiger partial charge is 0.265 e. The Kier molecular flexibility index (Phi) is 5.90. The number of hydrogen-bond donors (Lipinski definition) is 0. The normalized spacial score (nSPS) is 9.55. The Bertz CT molecular complexity index is 209. The summed E-state index contributed by atoms with van der Waals surface area (Å²) in [5, 5.41) is 0. The number of pyridine rings is 1. The maximum atomic E-state index is 5.45. The Labute approximate surface area is 77.5 Å². The van der Waals surface area contributed by atoms with Gasteiger partial charge in [0.05, 0.1) is 0 Å². The second-order valence-electron chi connectivity index (χ2n) is 1.84. The third-order valence-electron chi connectivity index (χ3n) is 1.11. The molecule has 0 spiro atoms. The van der Waals surface area contributed by atoms with E-state index in [-0.39, 0.29) is 12.4 Å². The molecule has 0 aliphatic heterocycles. The van der Waals surface area contributed by atoms with Gasteiger partial charge in [0.15, 0.2) is 0 Å². The summed E-state index contributed by atoms with van der Waals surface area (Å²) < 4.78 is 0. The second-order valence-corrected chi connectivity index (χ2v) is 2.15. The van der Waals surface area contributed by atoms with Crippen LogP contribution in [0.3, 0.4) is 0 Å². The molecule has 0 aliphatic rings. The van der Waals surface area contributed by atoms with E-state index in [0.29, 0.717) is 5.88 Å². The van der Waals surface area contributed by atoms with Crippen molar-refractivity contribution < 1.29 is 0 Å². The lowest BCUT2D eigenvalue weighted by Crippen LogP contribution is -1.71. The van der Waals surface area contributed by atoms with Crippen molar-refractivity contribution >= 4 is 30.1 Å². The van der Waals surface area contributed by atoms with Crippen molar-refractivity contribution in [1.82, 2.24) is 4.98 Å². The topological polar surface area (TPSA) is 12.9 Å². The Morgan fingerprint density at radius 2 is 2.00 bits per heavy atom. The summed E-state index contributed by atoms with van der Waals surface area (Å²) in [7, 11) is 0. The molecule has 3 heteroatoms. The lowest BCUT2D eigenvalue weighted by Gasteiger charge is -1.87. The first-order chi connectivity index (χ1) is 4.93. The third-order valence-corrected chi connectivity index (χ3v) is 1.28. The van der Waals surface area contributed by atoms with Crippen molar-refractivity contribution in [3.8, 4) is 0 Å². The first-order valence-corrected chi connectivity index (χ1v) is 3.59. The highest BCUT2D eigenvalue weighted by molar-refractivity contribution is 6.19. The van der Waals surface area contributed by atoms with E-state index < -0.39 is 0 Å².